The summed E-state index contributed by atoms with van der Waals surface area (Å²) in [4.78, 5) is 27.4. The zero-order chi connectivity index (χ0) is 26.8. The molecule has 2 fully saturated rings. The van der Waals surface area contributed by atoms with Gasteiger partial charge in [-0.05, 0) is 99.5 Å². The van der Waals surface area contributed by atoms with Crippen LogP contribution >= 0.6 is 0 Å². The molecule has 0 radical (unpaired) electrons. The van der Waals surface area contributed by atoms with Gasteiger partial charge in [0.15, 0.2) is 0 Å². The maximum atomic E-state index is 13.5. The Morgan fingerprint density at radius 3 is 2.45 bits per heavy atom. The highest BCUT2D eigenvalue weighted by Crippen LogP contribution is 2.42. The first-order valence-electron chi connectivity index (χ1n) is 14.6. The fraction of sp³-hybridized carbons (Fsp3) is 0.562. The second kappa shape index (κ2) is 13.9. The highest BCUT2D eigenvalue weighted by atomic mass is 19.1. The van der Waals surface area contributed by atoms with Crippen LogP contribution in [0.5, 0.6) is 0 Å². The number of carbonyl (C=O) groups excluding carboxylic acids is 2. The number of likely N-dealkylation sites (tertiary alicyclic amines) is 1. The van der Waals surface area contributed by atoms with Gasteiger partial charge in [0.1, 0.15) is 5.82 Å². The number of rotatable bonds is 11. The highest BCUT2D eigenvalue weighted by Gasteiger charge is 2.36. The normalized spacial score (nSPS) is 18.2. The SMILES string of the molecule is CCCC(=O)Nc1cccc(C2CCN(CCCNC(=O)CC3(c4ccc(F)cc4)CCCCC3)CC2)c1. The van der Waals surface area contributed by atoms with Crippen LogP contribution in [0.3, 0.4) is 0 Å². The van der Waals surface area contributed by atoms with Crippen molar-refractivity contribution in [3.8, 4) is 0 Å². The van der Waals surface area contributed by atoms with E-state index in [2.05, 4.69) is 27.7 Å². The maximum Gasteiger partial charge on any atom is 0.224 e. The van der Waals surface area contributed by atoms with Gasteiger partial charge in [-0.2, -0.15) is 0 Å². The molecule has 0 atom stereocenters. The summed E-state index contributed by atoms with van der Waals surface area (Å²) in [6.07, 6.45) is 10.5. The summed E-state index contributed by atoms with van der Waals surface area (Å²) < 4.78 is 13.5. The third kappa shape index (κ3) is 7.89. The lowest BCUT2D eigenvalue weighted by atomic mass is 9.67. The molecule has 0 spiro atoms. The average Bonchev–Trinajstić information content (AvgIpc) is 2.92. The number of benzene rings is 2. The van der Waals surface area contributed by atoms with E-state index >= 15 is 0 Å². The summed E-state index contributed by atoms with van der Waals surface area (Å²) in [5, 5.41) is 6.18. The van der Waals surface area contributed by atoms with Crippen LogP contribution < -0.4 is 10.6 Å². The Labute approximate surface area is 227 Å². The molecule has 1 heterocycles. The monoisotopic (exact) mass is 521 g/mol. The molecule has 2 N–H and O–H groups in total. The van der Waals surface area contributed by atoms with Crippen LogP contribution in [0.15, 0.2) is 48.5 Å². The van der Waals surface area contributed by atoms with E-state index < -0.39 is 0 Å². The number of hydrogen-bond donors (Lipinski definition) is 2. The third-order valence-corrected chi connectivity index (χ3v) is 8.45. The van der Waals surface area contributed by atoms with Gasteiger partial charge in [0.25, 0.3) is 0 Å². The second-order valence-electron chi connectivity index (χ2n) is 11.3. The quantitative estimate of drug-likeness (QED) is 0.330. The minimum atomic E-state index is -0.224. The number of amides is 2. The van der Waals surface area contributed by atoms with E-state index in [1.54, 1.807) is 0 Å². The first-order chi connectivity index (χ1) is 18.5. The zero-order valence-electron chi connectivity index (χ0n) is 22.9. The summed E-state index contributed by atoms with van der Waals surface area (Å²) in [7, 11) is 0. The largest absolute Gasteiger partial charge is 0.356 e. The van der Waals surface area contributed by atoms with Crippen molar-refractivity contribution in [2.75, 3.05) is 31.5 Å². The summed E-state index contributed by atoms with van der Waals surface area (Å²) in [5.74, 6) is 0.488. The zero-order valence-corrected chi connectivity index (χ0v) is 22.9. The minimum Gasteiger partial charge on any atom is -0.356 e. The van der Waals surface area contributed by atoms with Crippen molar-refractivity contribution in [1.82, 2.24) is 10.2 Å². The molecule has 2 aliphatic rings. The van der Waals surface area contributed by atoms with Gasteiger partial charge in [-0.1, -0.05) is 50.5 Å². The number of anilines is 1. The fourth-order valence-corrected chi connectivity index (χ4v) is 6.31. The van der Waals surface area contributed by atoms with Gasteiger partial charge < -0.3 is 15.5 Å². The molecule has 2 amide bonds. The highest BCUT2D eigenvalue weighted by molar-refractivity contribution is 5.90. The minimum absolute atomic E-state index is 0.0796. The number of piperidine rings is 1. The van der Waals surface area contributed by atoms with E-state index in [4.69, 9.17) is 0 Å². The lowest BCUT2D eigenvalue weighted by Crippen LogP contribution is -2.38. The third-order valence-electron chi connectivity index (χ3n) is 8.45. The Hall–Kier alpha value is -2.73. The van der Waals surface area contributed by atoms with Crippen molar-refractivity contribution >= 4 is 17.5 Å². The first-order valence-corrected chi connectivity index (χ1v) is 14.6. The van der Waals surface area contributed by atoms with E-state index in [9.17, 15) is 14.0 Å². The molecule has 6 heteroatoms. The van der Waals surface area contributed by atoms with Gasteiger partial charge >= 0.3 is 0 Å². The van der Waals surface area contributed by atoms with Crippen molar-refractivity contribution in [3.63, 3.8) is 0 Å². The Morgan fingerprint density at radius 1 is 1.00 bits per heavy atom. The van der Waals surface area contributed by atoms with Gasteiger partial charge in [0.2, 0.25) is 11.8 Å². The molecule has 206 valence electrons. The first kappa shape index (κ1) is 28.3. The van der Waals surface area contributed by atoms with E-state index in [1.807, 2.05) is 31.2 Å². The predicted octanol–water partition coefficient (Wildman–Crippen LogP) is 6.54. The lowest BCUT2D eigenvalue weighted by Gasteiger charge is -2.37. The molecule has 0 unspecified atom stereocenters. The number of nitrogens with zero attached hydrogens (tertiary/aromatic N) is 1. The summed E-state index contributed by atoms with van der Waals surface area (Å²) >= 11 is 0. The van der Waals surface area contributed by atoms with Crippen LogP contribution in [0, 0.1) is 5.82 Å². The standard InChI is InChI=1S/C32H44FN3O2/c1-2-8-30(37)35-29-10-6-9-26(23-29)25-15-21-36(22-16-25)20-7-19-34-31(38)24-32(17-4-3-5-18-32)27-11-13-28(33)14-12-27/h6,9-14,23,25H,2-5,7-8,15-22,24H2,1H3,(H,34,38)(H,35,37). The van der Waals surface area contributed by atoms with Crippen molar-refractivity contribution in [2.45, 2.75) is 88.9 Å². The van der Waals surface area contributed by atoms with Crippen molar-refractivity contribution in [2.24, 2.45) is 0 Å². The van der Waals surface area contributed by atoms with Crippen molar-refractivity contribution < 1.29 is 14.0 Å². The van der Waals surface area contributed by atoms with Gasteiger partial charge in [0.05, 0.1) is 0 Å². The van der Waals surface area contributed by atoms with Gasteiger partial charge in [0, 0.05) is 30.5 Å². The van der Waals surface area contributed by atoms with Crippen LogP contribution in [-0.2, 0) is 15.0 Å². The molecule has 0 bridgehead atoms. The van der Waals surface area contributed by atoms with Crippen LogP contribution in [0.4, 0.5) is 10.1 Å². The molecule has 1 saturated heterocycles. The molecule has 1 aliphatic carbocycles. The Kier molecular flexibility index (Phi) is 10.3. The fourth-order valence-electron chi connectivity index (χ4n) is 6.31. The number of halogens is 1. The summed E-state index contributed by atoms with van der Waals surface area (Å²) in [6.45, 7) is 5.80. The van der Waals surface area contributed by atoms with Crippen molar-refractivity contribution in [1.29, 1.82) is 0 Å². The van der Waals surface area contributed by atoms with Crippen LogP contribution in [0.2, 0.25) is 0 Å². The van der Waals surface area contributed by atoms with Crippen LogP contribution in [0.25, 0.3) is 0 Å². The maximum absolute atomic E-state index is 13.5. The number of carbonyl (C=O) groups is 2. The topological polar surface area (TPSA) is 61.4 Å². The molecule has 1 aliphatic heterocycles. The molecule has 2 aromatic carbocycles. The Bertz CT molecular complexity index is 1040. The van der Waals surface area contributed by atoms with E-state index in [1.165, 1.54) is 24.1 Å². The molecule has 1 saturated carbocycles. The average molecular weight is 522 g/mol. The lowest BCUT2D eigenvalue weighted by molar-refractivity contribution is -0.122. The predicted molar refractivity (Wildman–Crippen MR) is 152 cm³/mol. The molecular weight excluding hydrogens is 477 g/mol. The molecule has 0 aromatic heterocycles. The Balaban J connectivity index is 1.18. The van der Waals surface area contributed by atoms with Gasteiger partial charge in [-0.3, -0.25) is 9.59 Å². The van der Waals surface area contributed by atoms with E-state index in [0.717, 1.165) is 82.3 Å². The van der Waals surface area contributed by atoms with E-state index in [-0.39, 0.29) is 23.0 Å². The van der Waals surface area contributed by atoms with Crippen molar-refractivity contribution in [3.05, 3.63) is 65.5 Å². The number of nitrogens with one attached hydrogen (secondary N) is 2. The number of hydrogen-bond acceptors (Lipinski definition) is 3. The smallest absolute Gasteiger partial charge is 0.224 e. The second-order valence-corrected chi connectivity index (χ2v) is 11.3. The summed E-state index contributed by atoms with van der Waals surface area (Å²) in [6, 6.07) is 15.1. The van der Waals surface area contributed by atoms with Gasteiger partial charge in [-0.15, -0.1) is 0 Å². The van der Waals surface area contributed by atoms with Crippen LogP contribution in [0.1, 0.15) is 94.6 Å². The van der Waals surface area contributed by atoms with E-state index in [0.29, 0.717) is 25.3 Å². The van der Waals surface area contributed by atoms with Gasteiger partial charge in [-0.25, -0.2) is 4.39 Å². The summed E-state index contributed by atoms with van der Waals surface area (Å²) in [5.41, 5.74) is 3.15. The molecule has 38 heavy (non-hydrogen) atoms. The Morgan fingerprint density at radius 2 is 1.74 bits per heavy atom. The molecule has 2 aromatic rings. The molecule has 5 nitrogen and oxygen atoms in total. The van der Waals surface area contributed by atoms with Crippen LogP contribution in [-0.4, -0.2) is 42.9 Å². The molecule has 4 rings (SSSR count). The molecular formula is C32H44FN3O2.